The Bertz CT molecular complexity index is 722. The second-order valence-corrected chi connectivity index (χ2v) is 8.39. The molecule has 1 saturated carbocycles. The van der Waals surface area contributed by atoms with Gasteiger partial charge in [-0.3, -0.25) is 4.79 Å². The second kappa shape index (κ2) is 10.9. The van der Waals surface area contributed by atoms with Crippen LogP contribution in [0, 0.1) is 5.82 Å². The minimum absolute atomic E-state index is 0.122. The smallest absolute Gasteiger partial charge is 0.408 e. The average molecular weight is 423 g/mol. The number of alkyl carbamates (subject to hydrolysis) is 1. The molecule has 1 aliphatic rings. The lowest BCUT2D eigenvalue weighted by Gasteiger charge is -2.24. The molecular formula is C22H30FNO6. The van der Waals surface area contributed by atoms with Crippen LogP contribution < -0.4 is 5.32 Å². The van der Waals surface area contributed by atoms with Crippen molar-refractivity contribution in [2.24, 2.45) is 0 Å². The van der Waals surface area contributed by atoms with Crippen LogP contribution in [0.2, 0.25) is 0 Å². The van der Waals surface area contributed by atoms with E-state index in [0.29, 0.717) is 5.56 Å². The summed E-state index contributed by atoms with van der Waals surface area (Å²) in [6.07, 6.45) is 3.34. The summed E-state index contributed by atoms with van der Waals surface area (Å²) in [5.41, 5.74) is -0.194. The number of nitrogens with one attached hydrogen (secondary N) is 1. The molecule has 1 aromatic rings. The maximum atomic E-state index is 13.0. The Kier molecular flexibility index (Phi) is 8.62. The highest BCUT2D eigenvalue weighted by Crippen LogP contribution is 2.21. The molecule has 0 bridgehead atoms. The van der Waals surface area contributed by atoms with Crippen LogP contribution in [-0.2, 0) is 30.4 Å². The molecule has 7 nitrogen and oxygen atoms in total. The van der Waals surface area contributed by atoms with Gasteiger partial charge in [0.1, 0.15) is 30.2 Å². The fourth-order valence-corrected chi connectivity index (χ4v) is 3.06. The highest BCUT2D eigenvalue weighted by Gasteiger charge is 2.29. The Morgan fingerprint density at radius 1 is 1.10 bits per heavy atom. The number of halogens is 1. The molecule has 0 radical (unpaired) electrons. The number of esters is 2. The molecule has 1 amide bonds. The Morgan fingerprint density at radius 2 is 1.73 bits per heavy atom. The molecule has 166 valence electrons. The predicted octanol–water partition coefficient (Wildman–Crippen LogP) is 4.03. The molecule has 30 heavy (non-hydrogen) atoms. The monoisotopic (exact) mass is 423 g/mol. The Hall–Kier alpha value is -2.64. The van der Waals surface area contributed by atoms with Crippen molar-refractivity contribution < 1.29 is 33.0 Å². The summed E-state index contributed by atoms with van der Waals surface area (Å²) in [6, 6.07) is 4.21. The number of carbonyl (C=O) groups is 3. The van der Waals surface area contributed by atoms with Crippen molar-refractivity contribution in [1.29, 1.82) is 0 Å². The zero-order chi connectivity index (χ0) is 22.1. The van der Waals surface area contributed by atoms with Gasteiger partial charge >= 0.3 is 18.0 Å². The Morgan fingerprint density at radius 3 is 2.33 bits per heavy atom. The molecule has 1 aromatic carbocycles. The van der Waals surface area contributed by atoms with E-state index in [4.69, 9.17) is 14.2 Å². The van der Waals surface area contributed by atoms with E-state index in [1.54, 1.807) is 20.8 Å². The molecule has 0 unspecified atom stereocenters. The summed E-state index contributed by atoms with van der Waals surface area (Å²) >= 11 is 0. The van der Waals surface area contributed by atoms with E-state index in [2.05, 4.69) is 5.32 Å². The highest BCUT2D eigenvalue weighted by molar-refractivity contribution is 5.86. The van der Waals surface area contributed by atoms with Gasteiger partial charge in [-0.2, -0.15) is 0 Å². The zero-order valence-corrected chi connectivity index (χ0v) is 17.7. The summed E-state index contributed by atoms with van der Waals surface area (Å²) in [4.78, 5) is 37.0. The normalized spacial score (nSPS) is 15.7. The first-order valence-electron chi connectivity index (χ1n) is 10.2. The molecule has 0 aliphatic heterocycles. The third kappa shape index (κ3) is 8.80. The molecule has 0 aromatic heterocycles. The van der Waals surface area contributed by atoms with Gasteiger partial charge in [0.2, 0.25) is 0 Å². The van der Waals surface area contributed by atoms with Crippen molar-refractivity contribution in [3.63, 3.8) is 0 Å². The second-order valence-electron chi connectivity index (χ2n) is 8.39. The SMILES string of the molecule is CC(C)(C)OC(=O)N[C@H](CC(=O)OC1CCCCC1)C(=O)OCc1ccc(F)cc1. The maximum Gasteiger partial charge on any atom is 0.408 e. The first-order chi connectivity index (χ1) is 14.1. The number of hydrogen-bond acceptors (Lipinski definition) is 6. The van der Waals surface area contributed by atoms with Crippen LogP contribution in [0.1, 0.15) is 64.9 Å². The summed E-state index contributed by atoms with van der Waals surface area (Å²) in [7, 11) is 0. The van der Waals surface area contributed by atoms with Gasteiger partial charge in [0.05, 0.1) is 6.42 Å². The van der Waals surface area contributed by atoms with E-state index in [1.807, 2.05) is 0 Å². The number of hydrogen-bond donors (Lipinski definition) is 1. The molecule has 1 atom stereocenters. The van der Waals surface area contributed by atoms with E-state index in [1.165, 1.54) is 24.3 Å². The average Bonchev–Trinajstić information content (AvgIpc) is 2.66. The molecule has 0 spiro atoms. The molecule has 0 heterocycles. The fraction of sp³-hybridized carbons (Fsp3) is 0.591. The van der Waals surface area contributed by atoms with Crippen molar-refractivity contribution in [2.45, 2.75) is 83.6 Å². The number of carbonyl (C=O) groups excluding carboxylic acids is 3. The minimum atomic E-state index is -1.25. The van der Waals surface area contributed by atoms with Gasteiger partial charge in [0.25, 0.3) is 0 Å². The fourth-order valence-electron chi connectivity index (χ4n) is 3.06. The Balaban J connectivity index is 1.97. The van der Waals surface area contributed by atoms with Crippen LogP contribution in [0.3, 0.4) is 0 Å². The van der Waals surface area contributed by atoms with Gasteiger partial charge in [-0.1, -0.05) is 18.6 Å². The summed E-state index contributed by atoms with van der Waals surface area (Å²) in [6.45, 7) is 4.94. The summed E-state index contributed by atoms with van der Waals surface area (Å²) in [5.74, 6) is -1.78. The van der Waals surface area contributed by atoms with Crippen LogP contribution in [0.15, 0.2) is 24.3 Å². The van der Waals surface area contributed by atoms with Crippen molar-refractivity contribution in [3.05, 3.63) is 35.6 Å². The van der Waals surface area contributed by atoms with Gasteiger partial charge in [-0.25, -0.2) is 14.0 Å². The van der Waals surface area contributed by atoms with Crippen LogP contribution in [-0.4, -0.2) is 35.8 Å². The van der Waals surface area contributed by atoms with Gasteiger partial charge < -0.3 is 19.5 Å². The standard InChI is InChI=1S/C22H30FNO6/c1-22(2,3)30-21(27)24-18(13-19(25)29-17-7-5-4-6-8-17)20(26)28-14-15-9-11-16(23)12-10-15/h9-12,17-18H,4-8,13-14H2,1-3H3,(H,24,27)/t18-/m1/s1. The van der Waals surface area contributed by atoms with Gasteiger partial charge in [-0.15, -0.1) is 0 Å². The number of rotatable bonds is 7. The summed E-state index contributed by atoms with van der Waals surface area (Å²) < 4.78 is 28.8. The van der Waals surface area contributed by atoms with E-state index in [9.17, 15) is 18.8 Å². The van der Waals surface area contributed by atoms with E-state index < -0.39 is 35.5 Å². The van der Waals surface area contributed by atoms with Crippen molar-refractivity contribution in [3.8, 4) is 0 Å². The van der Waals surface area contributed by atoms with E-state index in [0.717, 1.165) is 32.1 Å². The molecular weight excluding hydrogens is 393 g/mol. The topological polar surface area (TPSA) is 90.9 Å². The molecule has 1 N–H and O–H groups in total. The largest absolute Gasteiger partial charge is 0.462 e. The van der Waals surface area contributed by atoms with Crippen molar-refractivity contribution in [1.82, 2.24) is 5.32 Å². The quantitative estimate of drug-likeness (QED) is 0.526. The summed E-state index contributed by atoms with van der Waals surface area (Å²) in [5, 5.41) is 2.39. The van der Waals surface area contributed by atoms with Crippen LogP contribution in [0.4, 0.5) is 9.18 Å². The van der Waals surface area contributed by atoms with Gasteiger partial charge in [0, 0.05) is 0 Å². The number of ether oxygens (including phenoxy) is 3. The third-order valence-electron chi connectivity index (χ3n) is 4.49. The molecule has 2 rings (SSSR count). The molecule has 1 fully saturated rings. The first-order valence-corrected chi connectivity index (χ1v) is 10.2. The third-order valence-corrected chi connectivity index (χ3v) is 4.49. The van der Waals surface area contributed by atoms with E-state index in [-0.39, 0.29) is 19.1 Å². The van der Waals surface area contributed by atoms with E-state index >= 15 is 0 Å². The maximum absolute atomic E-state index is 13.0. The molecule has 1 aliphatic carbocycles. The van der Waals surface area contributed by atoms with Crippen LogP contribution in [0.5, 0.6) is 0 Å². The van der Waals surface area contributed by atoms with Crippen molar-refractivity contribution >= 4 is 18.0 Å². The number of amides is 1. The molecule has 0 saturated heterocycles. The lowest BCUT2D eigenvalue weighted by molar-refractivity contribution is -0.157. The van der Waals surface area contributed by atoms with Gasteiger partial charge in [0.15, 0.2) is 0 Å². The Labute approximate surface area is 176 Å². The minimum Gasteiger partial charge on any atom is -0.462 e. The van der Waals surface area contributed by atoms with Crippen molar-refractivity contribution in [2.75, 3.05) is 0 Å². The molecule has 8 heteroatoms. The lowest BCUT2D eigenvalue weighted by atomic mass is 9.98. The highest BCUT2D eigenvalue weighted by atomic mass is 19.1. The number of benzene rings is 1. The van der Waals surface area contributed by atoms with Crippen LogP contribution in [0.25, 0.3) is 0 Å². The van der Waals surface area contributed by atoms with Crippen LogP contribution >= 0.6 is 0 Å². The zero-order valence-electron chi connectivity index (χ0n) is 17.7. The first kappa shape index (κ1) is 23.6. The lowest BCUT2D eigenvalue weighted by Crippen LogP contribution is -2.45. The van der Waals surface area contributed by atoms with Gasteiger partial charge in [-0.05, 0) is 64.2 Å². The predicted molar refractivity (Wildman–Crippen MR) is 107 cm³/mol.